The van der Waals surface area contributed by atoms with Gasteiger partial charge in [-0.1, -0.05) is 12.5 Å². The van der Waals surface area contributed by atoms with Gasteiger partial charge in [-0.3, -0.25) is 4.79 Å². The average molecular weight is 306 g/mol. The van der Waals surface area contributed by atoms with Gasteiger partial charge in [0, 0.05) is 12.5 Å². The molecule has 2 atom stereocenters. The first-order valence-electron chi connectivity index (χ1n) is 7.97. The van der Waals surface area contributed by atoms with Crippen LogP contribution in [0.4, 0.5) is 0 Å². The SMILES string of the molecule is CCOc1ccc(CNC(=O)[C@@H]2CCC[C@@H]2CN)cc1OC. The Morgan fingerprint density at radius 1 is 1.36 bits per heavy atom. The van der Waals surface area contributed by atoms with E-state index in [4.69, 9.17) is 15.2 Å². The summed E-state index contributed by atoms with van der Waals surface area (Å²) in [5.41, 5.74) is 6.74. The van der Waals surface area contributed by atoms with Crippen molar-refractivity contribution >= 4 is 5.91 Å². The van der Waals surface area contributed by atoms with E-state index in [2.05, 4.69) is 5.32 Å². The molecule has 1 fully saturated rings. The standard InChI is InChI=1S/C17H26N2O3/c1-3-22-15-8-7-12(9-16(15)21-2)11-19-17(20)14-6-4-5-13(14)10-18/h7-9,13-14H,3-6,10-11,18H2,1-2H3,(H,19,20)/t13-,14-/m1/s1. The average Bonchev–Trinajstić information content (AvgIpc) is 3.02. The molecule has 1 aromatic carbocycles. The summed E-state index contributed by atoms with van der Waals surface area (Å²) in [5, 5.41) is 3.02. The first-order valence-corrected chi connectivity index (χ1v) is 7.97. The third-order valence-electron chi connectivity index (χ3n) is 4.29. The molecule has 0 unspecified atom stereocenters. The van der Waals surface area contributed by atoms with Crippen LogP contribution < -0.4 is 20.5 Å². The Labute approximate surface area is 132 Å². The lowest BCUT2D eigenvalue weighted by Crippen LogP contribution is -2.34. The van der Waals surface area contributed by atoms with E-state index in [1.807, 2.05) is 25.1 Å². The molecule has 2 rings (SSSR count). The van der Waals surface area contributed by atoms with Gasteiger partial charge >= 0.3 is 0 Å². The highest BCUT2D eigenvalue weighted by atomic mass is 16.5. The Balaban J connectivity index is 1.95. The van der Waals surface area contributed by atoms with Gasteiger partial charge in [0.1, 0.15) is 0 Å². The second kappa shape index (κ2) is 8.03. The predicted octanol–water partition coefficient (Wildman–Crippen LogP) is 2.09. The molecule has 0 bridgehead atoms. The largest absolute Gasteiger partial charge is 0.493 e. The molecule has 0 aromatic heterocycles. The van der Waals surface area contributed by atoms with Crippen molar-refractivity contribution in [3.05, 3.63) is 23.8 Å². The van der Waals surface area contributed by atoms with Crippen molar-refractivity contribution in [2.24, 2.45) is 17.6 Å². The van der Waals surface area contributed by atoms with Crippen LogP contribution in [0.3, 0.4) is 0 Å². The van der Waals surface area contributed by atoms with E-state index >= 15 is 0 Å². The monoisotopic (exact) mass is 306 g/mol. The van der Waals surface area contributed by atoms with Crippen molar-refractivity contribution in [2.75, 3.05) is 20.3 Å². The van der Waals surface area contributed by atoms with Gasteiger partial charge in [0.2, 0.25) is 5.91 Å². The van der Waals surface area contributed by atoms with Crippen molar-refractivity contribution in [3.63, 3.8) is 0 Å². The summed E-state index contributed by atoms with van der Waals surface area (Å²) < 4.78 is 10.8. The molecule has 0 radical (unpaired) electrons. The van der Waals surface area contributed by atoms with Crippen LogP contribution in [-0.4, -0.2) is 26.2 Å². The number of rotatable bonds is 7. The fraction of sp³-hybridized carbons (Fsp3) is 0.588. The highest BCUT2D eigenvalue weighted by molar-refractivity contribution is 5.79. The van der Waals surface area contributed by atoms with Crippen LogP contribution in [0, 0.1) is 11.8 Å². The summed E-state index contributed by atoms with van der Waals surface area (Å²) in [6.45, 7) is 3.61. The molecular formula is C17H26N2O3. The van der Waals surface area contributed by atoms with Crippen LogP contribution in [0.5, 0.6) is 11.5 Å². The molecule has 1 aliphatic rings. The quantitative estimate of drug-likeness (QED) is 0.809. The number of carbonyl (C=O) groups is 1. The summed E-state index contributed by atoms with van der Waals surface area (Å²) in [6.07, 6.45) is 3.10. The van der Waals surface area contributed by atoms with Gasteiger partial charge in [-0.2, -0.15) is 0 Å². The summed E-state index contributed by atoms with van der Waals surface area (Å²) in [6, 6.07) is 5.73. The zero-order valence-electron chi connectivity index (χ0n) is 13.4. The molecule has 0 saturated heterocycles. The number of hydrogen-bond donors (Lipinski definition) is 2. The zero-order chi connectivity index (χ0) is 15.9. The van der Waals surface area contributed by atoms with Crippen molar-refractivity contribution in [1.82, 2.24) is 5.32 Å². The van der Waals surface area contributed by atoms with Crippen LogP contribution >= 0.6 is 0 Å². The third kappa shape index (κ3) is 3.91. The Kier molecular flexibility index (Phi) is 6.07. The normalized spacial score (nSPS) is 20.7. The number of amides is 1. The summed E-state index contributed by atoms with van der Waals surface area (Å²) in [7, 11) is 1.62. The minimum absolute atomic E-state index is 0.0644. The van der Waals surface area contributed by atoms with Crippen molar-refractivity contribution in [2.45, 2.75) is 32.7 Å². The molecule has 22 heavy (non-hydrogen) atoms. The van der Waals surface area contributed by atoms with E-state index in [1.165, 1.54) is 0 Å². The number of nitrogens with one attached hydrogen (secondary N) is 1. The predicted molar refractivity (Wildman–Crippen MR) is 85.9 cm³/mol. The minimum atomic E-state index is 0.0644. The van der Waals surface area contributed by atoms with Gasteiger partial charge in [0.15, 0.2) is 11.5 Å². The van der Waals surface area contributed by atoms with Crippen molar-refractivity contribution in [3.8, 4) is 11.5 Å². The van der Waals surface area contributed by atoms with Crippen molar-refractivity contribution < 1.29 is 14.3 Å². The van der Waals surface area contributed by atoms with E-state index in [1.54, 1.807) is 7.11 Å². The highest BCUT2D eigenvalue weighted by Gasteiger charge is 2.31. The van der Waals surface area contributed by atoms with Gasteiger partial charge in [-0.15, -0.1) is 0 Å². The minimum Gasteiger partial charge on any atom is -0.493 e. The lowest BCUT2D eigenvalue weighted by Gasteiger charge is -2.17. The zero-order valence-corrected chi connectivity index (χ0v) is 13.4. The van der Waals surface area contributed by atoms with Gasteiger partial charge < -0.3 is 20.5 Å². The van der Waals surface area contributed by atoms with E-state index in [9.17, 15) is 4.79 Å². The number of benzene rings is 1. The lowest BCUT2D eigenvalue weighted by molar-refractivity contribution is -0.126. The summed E-state index contributed by atoms with van der Waals surface area (Å²) in [5.74, 6) is 1.92. The fourth-order valence-electron chi connectivity index (χ4n) is 3.08. The Morgan fingerprint density at radius 2 is 2.18 bits per heavy atom. The molecule has 1 saturated carbocycles. The van der Waals surface area contributed by atoms with Gasteiger partial charge in [0.25, 0.3) is 0 Å². The number of methoxy groups -OCH3 is 1. The van der Waals surface area contributed by atoms with Crippen LogP contribution in [0.25, 0.3) is 0 Å². The van der Waals surface area contributed by atoms with E-state index in [-0.39, 0.29) is 11.8 Å². The lowest BCUT2D eigenvalue weighted by atomic mass is 9.95. The highest BCUT2D eigenvalue weighted by Crippen LogP contribution is 2.31. The fourth-order valence-corrected chi connectivity index (χ4v) is 3.08. The molecule has 1 amide bonds. The van der Waals surface area contributed by atoms with Crippen LogP contribution in [0.1, 0.15) is 31.7 Å². The van der Waals surface area contributed by atoms with Crippen LogP contribution in [0.2, 0.25) is 0 Å². The second-order valence-corrected chi connectivity index (χ2v) is 5.67. The molecule has 1 aliphatic carbocycles. The van der Waals surface area contributed by atoms with E-state index < -0.39 is 0 Å². The Bertz CT molecular complexity index is 505. The number of nitrogens with two attached hydrogens (primary N) is 1. The van der Waals surface area contributed by atoms with Gasteiger partial charge in [-0.05, 0) is 49.9 Å². The smallest absolute Gasteiger partial charge is 0.223 e. The molecule has 3 N–H and O–H groups in total. The molecule has 0 aliphatic heterocycles. The molecular weight excluding hydrogens is 280 g/mol. The van der Waals surface area contributed by atoms with Crippen LogP contribution in [0.15, 0.2) is 18.2 Å². The topological polar surface area (TPSA) is 73.6 Å². The molecule has 5 nitrogen and oxygen atoms in total. The molecule has 1 aromatic rings. The maximum Gasteiger partial charge on any atom is 0.223 e. The van der Waals surface area contributed by atoms with Gasteiger partial charge in [-0.25, -0.2) is 0 Å². The first-order chi connectivity index (χ1) is 10.7. The number of ether oxygens (including phenoxy) is 2. The first kappa shape index (κ1) is 16.6. The second-order valence-electron chi connectivity index (χ2n) is 5.67. The van der Waals surface area contributed by atoms with Crippen LogP contribution in [-0.2, 0) is 11.3 Å². The Morgan fingerprint density at radius 3 is 2.86 bits per heavy atom. The number of carbonyl (C=O) groups excluding carboxylic acids is 1. The van der Waals surface area contributed by atoms with E-state index in [0.29, 0.717) is 31.4 Å². The molecule has 122 valence electrons. The maximum atomic E-state index is 12.3. The van der Waals surface area contributed by atoms with E-state index in [0.717, 1.165) is 30.6 Å². The summed E-state index contributed by atoms with van der Waals surface area (Å²) in [4.78, 5) is 12.3. The summed E-state index contributed by atoms with van der Waals surface area (Å²) >= 11 is 0. The maximum absolute atomic E-state index is 12.3. The van der Waals surface area contributed by atoms with Crippen molar-refractivity contribution in [1.29, 1.82) is 0 Å². The van der Waals surface area contributed by atoms with Gasteiger partial charge in [0.05, 0.1) is 13.7 Å². The third-order valence-corrected chi connectivity index (χ3v) is 4.29. The number of hydrogen-bond acceptors (Lipinski definition) is 4. The molecule has 5 heteroatoms. The molecule has 0 heterocycles. The Hall–Kier alpha value is -1.75. The molecule has 0 spiro atoms.